The predicted molar refractivity (Wildman–Crippen MR) is 72.0 cm³/mol. The highest BCUT2D eigenvalue weighted by atomic mass is 16.5. The van der Waals surface area contributed by atoms with E-state index in [-0.39, 0.29) is 5.97 Å². The van der Waals surface area contributed by atoms with Gasteiger partial charge in [-0.15, -0.1) is 0 Å². The number of aromatic amines is 1. The van der Waals surface area contributed by atoms with Crippen LogP contribution < -0.4 is 0 Å². The van der Waals surface area contributed by atoms with Crippen molar-refractivity contribution >= 4 is 16.9 Å². The molecule has 2 aromatic rings. The van der Waals surface area contributed by atoms with Gasteiger partial charge in [0.1, 0.15) is 5.41 Å². The molecule has 0 radical (unpaired) electrons. The summed E-state index contributed by atoms with van der Waals surface area (Å²) < 4.78 is 10.2. The Morgan fingerprint density at radius 2 is 2.16 bits per heavy atom. The summed E-state index contributed by atoms with van der Waals surface area (Å²) in [5.41, 5.74) is 2.89. The number of H-pyrrole nitrogens is 1. The second kappa shape index (κ2) is 4.38. The normalized spacial score (nSPS) is 17.2. The molecule has 0 unspecified atom stereocenters. The van der Waals surface area contributed by atoms with Crippen molar-refractivity contribution in [3.63, 3.8) is 0 Å². The molecule has 3 rings (SSSR count). The number of methoxy groups -OCH3 is 1. The Bertz CT molecular complexity index is 625. The molecule has 4 heteroatoms. The van der Waals surface area contributed by atoms with E-state index >= 15 is 0 Å². The van der Waals surface area contributed by atoms with E-state index < -0.39 is 5.41 Å². The van der Waals surface area contributed by atoms with Gasteiger partial charge in [0, 0.05) is 16.6 Å². The van der Waals surface area contributed by atoms with Crippen LogP contribution in [-0.4, -0.2) is 31.3 Å². The maximum absolute atomic E-state index is 12.0. The summed E-state index contributed by atoms with van der Waals surface area (Å²) in [6.07, 6.45) is 0.662. The van der Waals surface area contributed by atoms with Crippen molar-refractivity contribution in [2.75, 3.05) is 20.3 Å². The Kier molecular flexibility index (Phi) is 2.82. The molecule has 0 aliphatic carbocycles. The van der Waals surface area contributed by atoms with Gasteiger partial charge in [0.25, 0.3) is 0 Å². The minimum atomic E-state index is -0.509. The molecule has 1 N–H and O–H groups in total. The monoisotopic (exact) mass is 259 g/mol. The fourth-order valence-corrected chi connectivity index (χ4v) is 2.76. The zero-order chi connectivity index (χ0) is 13.5. The fourth-order valence-electron chi connectivity index (χ4n) is 2.76. The number of esters is 1. The average molecular weight is 259 g/mol. The minimum absolute atomic E-state index is 0.177. The fraction of sp³-hybridized carbons (Fsp3) is 0.400. The number of fused-ring (bicyclic) bond motifs is 1. The van der Waals surface area contributed by atoms with E-state index in [0.29, 0.717) is 19.6 Å². The molecule has 0 amide bonds. The van der Waals surface area contributed by atoms with Crippen molar-refractivity contribution < 1.29 is 14.3 Å². The molecule has 100 valence electrons. The van der Waals surface area contributed by atoms with Crippen molar-refractivity contribution in [3.8, 4) is 0 Å². The van der Waals surface area contributed by atoms with Gasteiger partial charge in [0.05, 0.1) is 20.3 Å². The van der Waals surface area contributed by atoms with E-state index in [1.165, 1.54) is 18.1 Å². The Balaban J connectivity index is 2.01. The lowest BCUT2D eigenvalue weighted by molar-refractivity contribution is -0.182. The number of carbonyl (C=O) groups excluding carboxylic acids is 1. The molecule has 1 aromatic carbocycles. The average Bonchev–Trinajstić information content (AvgIpc) is 2.69. The first-order valence-corrected chi connectivity index (χ1v) is 6.39. The highest BCUT2D eigenvalue weighted by Crippen LogP contribution is 2.36. The van der Waals surface area contributed by atoms with Gasteiger partial charge in [-0.1, -0.05) is 18.2 Å². The number of aryl methyl sites for hydroxylation is 1. The van der Waals surface area contributed by atoms with Gasteiger partial charge in [-0.25, -0.2) is 0 Å². The molecule has 1 aromatic heterocycles. The summed E-state index contributed by atoms with van der Waals surface area (Å²) in [4.78, 5) is 15.3. The maximum Gasteiger partial charge on any atom is 0.316 e. The van der Waals surface area contributed by atoms with Crippen LogP contribution in [0.3, 0.4) is 0 Å². The smallest absolute Gasteiger partial charge is 0.316 e. The van der Waals surface area contributed by atoms with Crippen LogP contribution in [0, 0.1) is 12.3 Å². The predicted octanol–water partition coefficient (Wildman–Crippen LogP) is 2.21. The summed E-state index contributed by atoms with van der Waals surface area (Å²) >= 11 is 0. The van der Waals surface area contributed by atoms with E-state index in [1.807, 2.05) is 25.1 Å². The number of nitrogens with one attached hydrogen (secondary N) is 1. The highest BCUT2D eigenvalue weighted by Gasteiger charge is 2.47. The number of ether oxygens (including phenoxy) is 2. The van der Waals surface area contributed by atoms with Crippen LogP contribution in [0.1, 0.15) is 11.3 Å². The molecule has 19 heavy (non-hydrogen) atoms. The SMILES string of the molecule is COC(=O)C1(Cc2c(C)[nH]c3ccccc23)COC1. The standard InChI is InChI=1S/C15H17NO3/c1-10-12(11-5-3-4-6-13(11)16-10)7-15(8-19-9-15)14(17)18-2/h3-6,16H,7-9H2,1-2H3. The molecule has 0 bridgehead atoms. The van der Waals surface area contributed by atoms with Crippen LogP contribution >= 0.6 is 0 Å². The van der Waals surface area contributed by atoms with Crippen molar-refractivity contribution in [3.05, 3.63) is 35.5 Å². The van der Waals surface area contributed by atoms with Gasteiger partial charge in [-0.3, -0.25) is 4.79 Å². The molecule has 4 nitrogen and oxygen atoms in total. The lowest BCUT2D eigenvalue weighted by Crippen LogP contribution is -2.51. The number of benzene rings is 1. The number of aromatic nitrogens is 1. The quantitative estimate of drug-likeness (QED) is 0.860. The van der Waals surface area contributed by atoms with Crippen LogP contribution in [0.4, 0.5) is 0 Å². The number of para-hydroxylation sites is 1. The number of rotatable bonds is 3. The van der Waals surface area contributed by atoms with Gasteiger partial charge < -0.3 is 14.5 Å². The summed E-state index contributed by atoms with van der Waals surface area (Å²) in [5, 5.41) is 1.18. The van der Waals surface area contributed by atoms with Gasteiger partial charge in [-0.05, 0) is 25.0 Å². The third-order valence-corrected chi connectivity index (χ3v) is 3.92. The zero-order valence-electron chi connectivity index (χ0n) is 11.2. The molecule has 0 saturated carbocycles. The molecule has 0 spiro atoms. The number of hydrogen-bond acceptors (Lipinski definition) is 3. The third-order valence-electron chi connectivity index (χ3n) is 3.92. The van der Waals surface area contributed by atoms with Crippen LogP contribution in [0.5, 0.6) is 0 Å². The lowest BCUT2D eigenvalue weighted by atomic mass is 9.79. The second-order valence-electron chi connectivity index (χ2n) is 5.22. The molecular weight excluding hydrogens is 242 g/mol. The van der Waals surface area contributed by atoms with Crippen molar-refractivity contribution in [1.82, 2.24) is 4.98 Å². The van der Waals surface area contributed by atoms with Crippen molar-refractivity contribution in [2.24, 2.45) is 5.41 Å². The summed E-state index contributed by atoms with van der Waals surface area (Å²) in [7, 11) is 1.44. The molecule has 2 heterocycles. The maximum atomic E-state index is 12.0. The first-order chi connectivity index (χ1) is 9.16. The first kappa shape index (κ1) is 12.2. The van der Waals surface area contributed by atoms with Gasteiger partial charge >= 0.3 is 5.97 Å². The molecule has 1 saturated heterocycles. The minimum Gasteiger partial charge on any atom is -0.468 e. The van der Waals surface area contributed by atoms with Crippen LogP contribution in [0.25, 0.3) is 10.9 Å². The Hall–Kier alpha value is -1.81. The molecule has 0 atom stereocenters. The van der Waals surface area contributed by atoms with Crippen LogP contribution in [0.15, 0.2) is 24.3 Å². The molecule has 1 aliphatic heterocycles. The van der Waals surface area contributed by atoms with Crippen molar-refractivity contribution in [2.45, 2.75) is 13.3 Å². The van der Waals surface area contributed by atoms with E-state index in [2.05, 4.69) is 11.1 Å². The summed E-state index contributed by atoms with van der Waals surface area (Å²) in [6, 6.07) is 8.15. The second-order valence-corrected chi connectivity index (χ2v) is 5.22. The largest absolute Gasteiger partial charge is 0.468 e. The first-order valence-electron chi connectivity index (χ1n) is 6.39. The summed E-state index contributed by atoms with van der Waals surface area (Å²) in [5.74, 6) is -0.177. The van der Waals surface area contributed by atoms with Crippen LogP contribution in [0.2, 0.25) is 0 Å². The van der Waals surface area contributed by atoms with Crippen LogP contribution in [-0.2, 0) is 20.7 Å². The number of hydrogen-bond donors (Lipinski definition) is 1. The summed E-state index contributed by atoms with van der Waals surface area (Å²) in [6.45, 7) is 2.93. The van der Waals surface area contributed by atoms with Gasteiger partial charge in [-0.2, -0.15) is 0 Å². The Morgan fingerprint density at radius 3 is 2.79 bits per heavy atom. The number of carbonyl (C=O) groups is 1. The Morgan fingerprint density at radius 1 is 1.42 bits per heavy atom. The molecular formula is C15H17NO3. The van der Waals surface area contributed by atoms with E-state index in [1.54, 1.807) is 0 Å². The van der Waals surface area contributed by atoms with E-state index in [0.717, 1.165) is 11.2 Å². The lowest BCUT2D eigenvalue weighted by Gasteiger charge is -2.38. The van der Waals surface area contributed by atoms with E-state index in [4.69, 9.17) is 9.47 Å². The van der Waals surface area contributed by atoms with Gasteiger partial charge in [0.15, 0.2) is 0 Å². The molecule has 1 fully saturated rings. The van der Waals surface area contributed by atoms with E-state index in [9.17, 15) is 4.79 Å². The zero-order valence-corrected chi connectivity index (χ0v) is 11.2. The highest BCUT2D eigenvalue weighted by molar-refractivity contribution is 5.86. The van der Waals surface area contributed by atoms with Crippen molar-refractivity contribution in [1.29, 1.82) is 0 Å². The Labute approximate surface area is 111 Å². The molecule has 1 aliphatic rings. The third kappa shape index (κ3) is 1.83. The topological polar surface area (TPSA) is 51.3 Å². The van der Waals surface area contributed by atoms with Gasteiger partial charge in [0.2, 0.25) is 0 Å².